The van der Waals surface area contributed by atoms with Gasteiger partial charge in [0.15, 0.2) is 0 Å². The van der Waals surface area contributed by atoms with E-state index in [2.05, 4.69) is 23.7 Å². The fraction of sp³-hybridized carbons (Fsp3) is 0.529. The van der Waals surface area contributed by atoms with Crippen LogP contribution in [0.15, 0.2) is 18.3 Å². The number of nitro benzene ring substituents is 1. The lowest BCUT2D eigenvalue weighted by atomic mass is 9.87. The highest BCUT2D eigenvalue weighted by molar-refractivity contribution is 5.90. The van der Waals surface area contributed by atoms with Gasteiger partial charge in [0.1, 0.15) is 0 Å². The van der Waals surface area contributed by atoms with E-state index in [4.69, 9.17) is 0 Å². The van der Waals surface area contributed by atoms with E-state index in [1.165, 1.54) is 5.56 Å². The van der Waals surface area contributed by atoms with Gasteiger partial charge in [0.05, 0.1) is 4.92 Å². The molecule has 0 amide bonds. The molecule has 0 saturated heterocycles. The van der Waals surface area contributed by atoms with Crippen molar-refractivity contribution in [3.05, 3.63) is 39.6 Å². The fourth-order valence-corrected chi connectivity index (χ4v) is 3.77. The number of nitrogens with one attached hydrogen (secondary N) is 1. The van der Waals surface area contributed by atoms with E-state index in [-0.39, 0.29) is 10.6 Å². The standard InChI is InChI=1S/C17H23N3O2/c1-3-7-19(8-4-2)13-9-12-11-18-15-5-6-16(20(21)22)14(10-13)17(12)15/h5-6,11,13,18H,3-4,7-10H2,1-2H3. The minimum absolute atomic E-state index is 0.238. The number of benzene rings is 1. The van der Waals surface area contributed by atoms with Gasteiger partial charge in [-0.1, -0.05) is 13.8 Å². The monoisotopic (exact) mass is 301 g/mol. The molecule has 5 heteroatoms. The number of nitrogens with zero attached hydrogens (tertiary/aromatic N) is 2. The van der Waals surface area contributed by atoms with E-state index in [9.17, 15) is 10.1 Å². The Bertz CT molecular complexity index is 687. The van der Waals surface area contributed by atoms with Gasteiger partial charge in [0.25, 0.3) is 5.69 Å². The Kier molecular flexibility index (Phi) is 4.16. The quantitative estimate of drug-likeness (QED) is 0.654. The minimum atomic E-state index is -0.238. The molecule has 0 saturated carbocycles. The molecule has 1 N–H and O–H groups in total. The van der Waals surface area contributed by atoms with Gasteiger partial charge in [-0.3, -0.25) is 15.0 Å². The van der Waals surface area contributed by atoms with Crippen LogP contribution in [-0.4, -0.2) is 33.9 Å². The first-order valence-electron chi connectivity index (χ1n) is 8.16. The molecule has 22 heavy (non-hydrogen) atoms. The maximum Gasteiger partial charge on any atom is 0.273 e. The molecule has 2 aromatic rings. The lowest BCUT2D eigenvalue weighted by Gasteiger charge is -2.33. The molecule has 0 spiro atoms. The smallest absolute Gasteiger partial charge is 0.273 e. The summed E-state index contributed by atoms with van der Waals surface area (Å²) in [4.78, 5) is 16.9. The first-order valence-corrected chi connectivity index (χ1v) is 8.16. The normalized spacial score (nSPS) is 17.3. The molecule has 1 aliphatic carbocycles. The van der Waals surface area contributed by atoms with Crippen LogP contribution in [0.3, 0.4) is 0 Å². The zero-order valence-corrected chi connectivity index (χ0v) is 13.3. The third kappa shape index (κ3) is 2.50. The fourth-order valence-electron chi connectivity index (χ4n) is 3.77. The molecule has 0 radical (unpaired) electrons. The highest BCUT2D eigenvalue weighted by atomic mass is 16.6. The van der Waals surface area contributed by atoms with Gasteiger partial charge in [0, 0.05) is 34.8 Å². The molecule has 1 heterocycles. The molecule has 1 atom stereocenters. The van der Waals surface area contributed by atoms with Crippen LogP contribution in [0.5, 0.6) is 0 Å². The van der Waals surface area contributed by atoms with Gasteiger partial charge in [0.2, 0.25) is 0 Å². The number of nitro groups is 1. The molecule has 1 aliphatic rings. The summed E-state index contributed by atoms with van der Waals surface area (Å²) in [5.74, 6) is 0. The third-order valence-electron chi connectivity index (χ3n) is 4.64. The van der Waals surface area contributed by atoms with Crippen LogP contribution in [0.4, 0.5) is 5.69 Å². The lowest BCUT2D eigenvalue weighted by Crippen LogP contribution is -2.41. The molecular weight excluding hydrogens is 278 g/mol. The summed E-state index contributed by atoms with van der Waals surface area (Å²) in [6, 6.07) is 3.84. The highest BCUT2D eigenvalue weighted by Gasteiger charge is 2.30. The molecule has 5 nitrogen and oxygen atoms in total. The molecular formula is C17H23N3O2. The van der Waals surface area contributed by atoms with Crippen molar-refractivity contribution in [3.8, 4) is 0 Å². The first-order chi connectivity index (χ1) is 10.7. The third-order valence-corrected chi connectivity index (χ3v) is 4.64. The Morgan fingerprint density at radius 1 is 1.27 bits per heavy atom. The molecule has 1 aromatic heterocycles. The molecule has 0 fully saturated rings. The van der Waals surface area contributed by atoms with Crippen LogP contribution in [0.1, 0.15) is 37.8 Å². The van der Waals surface area contributed by atoms with E-state index >= 15 is 0 Å². The van der Waals surface area contributed by atoms with Crippen LogP contribution >= 0.6 is 0 Å². The highest BCUT2D eigenvalue weighted by Crippen LogP contribution is 2.36. The average molecular weight is 301 g/mol. The topological polar surface area (TPSA) is 62.2 Å². The SMILES string of the molecule is CCCN(CCC)C1Cc2c[nH]c3ccc([N+](=O)[O-])c(c23)C1. The zero-order chi connectivity index (χ0) is 15.7. The number of aromatic nitrogens is 1. The summed E-state index contributed by atoms with van der Waals surface area (Å²) < 4.78 is 0. The van der Waals surface area contributed by atoms with Crippen LogP contribution in [0.25, 0.3) is 10.9 Å². The number of hydrogen-bond donors (Lipinski definition) is 1. The Morgan fingerprint density at radius 3 is 2.64 bits per heavy atom. The maximum absolute atomic E-state index is 11.4. The Labute approximate surface area is 130 Å². The molecule has 118 valence electrons. The van der Waals surface area contributed by atoms with Crippen LogP contribution in [0, 0.1) is 10.1 Å². The summed E-state index contributed by atoms with van der Waals surface area (Å²) in [5, 5.41) is 12.5. The van der Waals surface area contributed by atoms with E-state index in [0.29, 0.717) is 6.04 Å². The van der Waals surface area contributed by atoms with Crippen molar-refractivity contribution in [2.75, 3.05) is 13.1 Å². The molecule has 0 aliphatic heterocycles. The van der Waals surface area contributed by atoms with Gasteiger partial charge in [-0.25, -0.2) is 0 Å². The predicted octanol–water partition coefficient (Wildman–Crippen LogP) is 3.67. The number of aromatic amines is 1. The summed E-state index contributed by atoms with van der Waals surface area (Å²) >= 11 is 0. The van der Waals surface area contributed by atoms with Gasteiger partial charge in [-0.05, 0) is 50.4 Å². The summed E-state index contributed by atoms with van der Waals surface area (Å²) in [7, 11) is 0. The Morgan fingerprint density at radius 2 is 2.00 bits per heavy atom. The van der Waals surface area contributed by atoms with Gasteiger partial charge in [-0.2, -0.15) is 0 Å². The van der Waals surface area contributed by atoms with E-state index in [1.807, 2.05) is 12.3 Å². The van der Waals surface area contributed by atoms with Crippen molar-refractivity contribution in [1.82, 2.24) is 9.88 Å². The summed E-state index contributed by atoms with van der Waals surface area (Å²) in [5.41, 5.74) is 3.42. The van der Waals surface area contributed by atoms with E-state index in [0.717, 1.165) is 55.2 Å². The van der Waals surface area contributed by atoms with Crippen molar-refractivity contribution in [1.29, 1.82) is 0 Å². The average Bonchev–Trinajstić information content (AvgIpc) is 2.91. The van der Waals surface area contributed by atoms with Crippen molar-refractivity contribution in [2.24, 2.45) is 0 Å². The number of H-pyrrole nitrogens is 1. The summed E-state index contributed by atoms with van der Waals surface area (Å²) in [6.45, 7) is 6.50. The lowest BCUT2D eigenvalue weighted by molar-refractivity contribution is -0.385. The van der Waals surface area contributed by atoms with Crippen molar-refractivity contribution < 1.29 is 4.92 Å². The second-order valence-electron chi connectivity index (χ2n) is 6.15. The largest absolute Gasteiger partial charge is 0.361 e. The van der Waals surface area contributed by atoms with Crippen molar-refractivity contribution >= 4 is 16.6 Å². The maximum atomic E-state index is 11.4. The van der Waals surface area contributed by atoms with Crippen molar-refractivity contribution in [3.63, 3.8) is 0 Å². The van der Waals surface area contributed by atoms with Crippen LogP contribution in [0.2, 0.25) is 0 Å². The van der Waals surface area contributed by atoms with Crippen LogP contribution in [-0.2, 0) is 12.8 Å². The second-order valence-corrected chi connectivity index (χ2v) is 6.15. The van der Waals surface area contributed by atoms with E-state index in [1.54, 1.807) is 6.07 Å². The van der Waals surface area contributed by atoms with E-state index < -0.39 is 0 Å². The first kappa shape index (κ1) is 15.0. The molecule has 0 bridgehead atoms. The van der Waals surface area contributed by atoms with Gasteiger partial charge < -0.3 is 4.98 Å². The van der Waals surface area contributed by atoms with Crippen LogP contribution < -0.4 is 0 Å². The zero-order valence-electron chi connectivity index (χ0n) is 13.3. The number of rotatable bonds is 6. The Balaban J connectivity index is 2.02. The molecule has 3 rings (SSSR count). The molecule has 1 unspecified atom stereocenters. The predicted molar refractivity (Wildman–Crippen MR) is 88.3 cm³/mol. The van der Waals surface area contributed by atoms with Gasteiger partial charge in [-0.15, -0.1) is 0 Å². The van der Waals surface area contributed by atoms with Crippen molar-refractivity contribution in [2.45, 2.75) is 45.6 Å². The summed E-state index contributed by atoms with van der Waals surface area (Å²) in [6.07, 6.45) is 6.01. The number of hydrogen-bond acceptors (Lipinski definition) is 3. The Hall–Kier alpha value is -1.88. The van der Waals surface area contributed by atoms with Gasteiger partial charge >= 0.3 is 0 Å². The molecule has 1 aromatic carbocycles. The second kappa shape index (κ2) is 6.08. The minimum Gasteiger partial charge on any atom is -0.361 e.